The third-order valence-electron chi connectivity index (χ3n) is 1.86. The lowest BCUT2D eigenvalue weighted by Crippen LogP contribution is -2.26. The minimum atomic E-state index is -0.721. The second kappa shape index (κ2) is 3.38. The van der Waals surface area contributed by atoms with Gasteiger partial charge in [0.25, 0.3) is 11.7 Å². The van der Waals surface area contributed by atoms with Crippen LogP contribution in [0.3, 0.4) is 0 Å². The molecular formula is C8H14N4O2. The highest BCUT2D eigenvalue weighted by Gasteiger charge is 2.28. The summed E-state index contributed by atoms with van der Waals surface area (Å²) in [7, 11) is 0. The van der Waals surface area contributed by atoms with Crippen molar-refractivity contribution in [1.29, 1.82) is 0 Å². The fourth-order valence-corrected chi connectivity index (χ4v) is 0.832. The van der Waals surface area contributed by atoms with E-state index >= 15 is 0 Å². The van der Waals surface area contributed by atoms with E-state index in [9.17, 15) is 4.79 Å². The standard InChI is InChI=1S/C8H14N4O2/c1-8(2,3)4(9)7-11-6(5(10)13)12-14-7/h4H,9H2,1-3H3,(H2,10,13)/t4-/m0/s1. The molecule has 1 aromatic heterocycles. The highest BCUT2D eigenvalue weighted by molar-refractivity contribution is 5.88. The minimum Gasteiger partial charge on any atom is -0.363 e. The molecule has 1 amide bonds. The second-order valence-corrected chi connectivity index (χ2v) is 4.16. The van der Waals surface area contributed by atoms with Gasteiger partial charge in [0.2, 0.25) is 5.89 Å². The summed E-state index contributed by atoms with van der Waals surface area (Å²) in [5.41, 5.74) is 10.6. The first-order valence-electron chi connectivity index (χ1n) is 4.21. The van der Waals surface area contributed by atoms with Crippen LogP contribution in [0, 0.1) is 5.41 Å². The van der Waals surface area contributed by atoms with Crippen molar-refractivity contribution in [3.05, 3.63) is 11.7 Å². The average Bonchev–Trinajstić information content (AvgIpc) is 2.48. The Bertz CT molecular complexity index is 339. The third-order valence-corrected chi connectivity index (χ3v) is 1.86. The predicted octanol–water partition coefficient (Wildman–Crippen LogP) is 0.214. The number of rotatable bonds is 2. The number of amides is 1. The number of hydrogen-bond acceptors (Lipinski definition) is 5. The van der Waals surface area contributed by atoms with Crippen molar-refractivity contribution in [3.8, 4) is 0 Å². The summed E-state index contributed by atoms with van der Waals surface area (Å²) < 4.78 is 4.83. The lowest BCUT2D eigenvalue weighted by Gasteiger charge is -2.23. The van der Waals surface area contributed by atoms with Crippen molar-refractivity contribution in [2.24, 2.45) is 16.9 Å². The van der Waals surface area contributed by atoms with E-state index in [1.807, 2.05) is 20.8 Å². The lowest BCUT2D eigenvalue weighted by molar-refractivity contribution is 0.0987. The van der Waals surface area contributed by atoms with Crippen LogP contribution in [0.15, 0.2) is 4.52 Å². The molecule has 0 saturated carbocycles. The first-order valence-corrected chi connectivity index (χ1v) is 4.21. The first kappa shape index (κ1) is 10.6. The van der Waals surface area contributed by atoms with Gasteiger partial charge in [-0.05, 0) is 5.41 Å². The Kier molecular flexibility index (Phi) is 2.57. The van der Waals surface area contributed by atoms with E-state index in [0.717, 1.165) is 0 Å². The minimum absolute atomic E-state index is 0.139. The molecule has 78 valence electrons. The van der Waals surface area contributed by atoms with Gasteiger partial charge in [0.15, 0.2) is 0 Å². The Balaban J connectivity index is 2.92. The van der Waals surface area contributed by atoms with Gasteiger partial charge in [0.1, 0.15) is 0 Å². The molecule has 4 N–H and O–H groups in total. The molecule has 0 spiro atoms. The Labute approximate surface area is 81.6 Å². The molecule has 0 fully saturated rings. The van der Waals surface area contributed by atoms with Gasteiger partial charge in [0.05, 0.1) is 6.04 Å². The van der Waals surface area contributed by atoms with Gasteiger partial charge in [-0.2, -0.15) is 4.98 Å². The number of primary amides is 1. The number of carbonyl (C=O) groups is 1. The summed E-state index contributed by atoms with van der Waals surface area (Å²) in [6.45, 7) is 5.81. The Hall–Kier alpha value is -1.43. The fraction of sp³-hybridized carbons (Fsp3) is 0.625. The van der Waals surface area contributed by atoms with Crippen LogP contribution in [0.25, 0.3) is 0 Å². The quantitative estimate of drug-likeness (QED) is 0.706. The Morgan fingerprint density at radius 1 is 1.50 bits per heavy atom. The van der Waals surface area contributed by atoms with Crippen LogP contribution in [-0.2, 0) is 0 Å². The van der Waals surface area contributed by atoms with Crippen LogP contribution in [-0.4, -0.2) is 16.0 Å². The van der Waals surface area contributed by atoms with Crippen LogP contribution in [0.2, 0.25) is 0 Å². The van der Waals surface area contributed by atoms with E-state index in [4.69, 9.17) is 16.0 Å². The van der Waals surface area contributed by atoms with Gasteiger partial charge in [-0.15, -0.1) is 0 Å². The van der Waals surface area contributed by atoms with E-state index in [0.29, 0.717) is 0 Å². The molecular weight excluding hydrogens is 184 g/mol. The maximum Gasteiger partial charge on any atom is 0.290 e. The van der Waals surface area contributed by atoms with Gasteiger partial charge in [0, 0.05) is 0 Å². The molecule has 6 heteroatoms. The zero-order valence-electron chi connectivity index (χ0n) is 8.44. The van der Waals surface area contributed by atoms with E-state index in [1.165, 1.54) is 0 Å². The SMILES string of the molecule is CC(C)(C)[C@@H](N)c1nc(C(N)=O)no1. The van der Waals surface area contributed by atoms with Crippen LogP contribution in [0.5, 0.6) is 0 Å². The van der Waals surface area contributed by atoms with Gasteiger partial charge >= 0.3 is 0 Å². The fourth-order valence-electron chi connectivity index (χ4n) is 0.832. The zero-order chi connectivity index (χ0) is 10.9. The number of nitrogens with two attached hydrogens (primary N) is 2. The molecule has 6 nitrogen and oxygen atoms in total. The molecule has 0 unspecified atom stereocenters. The highest BCUT2D eigenvalue weighted by atomic mass is 16.5. The lowest BCUT2D eigenvalue weighted by atomic mass is 9.87. The summed E-state index contributed by atoms with van der Waals surface area (Å²) in [6.07, 6.45) is 0. The second-order valence-electron chi connectivity index (χ2n) is 4.16. The predicted molar refractivity (Wildman–Crippen MR) is 49.2 cm³/mol. The molecule has 0 bridgehead atoms. The third kappa shape index (κ3) is 2.08. The van der Waals surface area contributed by atoms with Gasteiger partial charge < -0.3 is 16.0 Å². The average molecular weight is 198 g/mol. The van der Waals surface area contributed by atoms with Crippen molar-refractivity contribution in [2.45, 2.75) is 26.8 Å². The maximum atomic E-state index is 10.7. The summed E-state index contributed by atoms with van der Waals surface area (Å²) in [4.78, 5) is 14.5. The largest absolute Gasteiger partial charge is 0.363 e. The Morgan fingerprint density at radius 3 is 2.43 bits per heavy atom. The van der Waals surface area contributed by atoms with Crippen molar-refractivity contribution in [3.63, 3.8) is 0 Å². The monoisotopic (exact) mass is 198 g/mol. The van der Waals surface area contributed by atoms with Crippen molar-refractivity contribution >= 4 is 5.91 Å². The maximum absolute atomic E-state index is 10.7. The van der Waals surface area contributed by atoms with E-state index in [2.05, 4.69) is 10.1 Å². The summed E-state index contributed by atoms with van der Waals surface area (Å²) in [5, 5.41) is 3.41. The molecule has 1 atom stereocenters. The van der Waals surface area contributed by atoms with Gasteiger partial charge in [-0.3, -0.25) is 4.79 Å². The van der Waals surface area contributed by atoms with Crippen molar-refractivity contribution < 1.29 is 9.32 Å². The topological polar surface area (TPSA) is 108 Å². The molecule has 0 aliphatic heterocycles. The summed E-state index contributed by atoms with van der Waals surface area (Å²) in [5.74, 6) is -0.632. The molecule has 1 rings (SSSR count). The van der Waals surface area contributed by atoms with Gasteiger partial charge in [-0.25, -0.2) is 0 Å². The van der Waals surface area contributed by atoms with Crippen LogP contribution in [0.1, 0.15) is 43.3 Å². The van der Waals surface area contributed by atoms with Crippen LogP contribution < -0.4 is 11.5 Å². The number of aromatic nitrogens is 2. The molecule has 1 heterocycles. The molecule has 0 saturated heterocycles. The number of hydrogen-bond donors (Lipinski definition) is 2. The summed E-state index contributed by atoms with van der Waals surface area (Å²) in [6, 6.07) is -0.414. The van der Waals surface area contributed by atoms with Crippen molar-refractivity contribution in [1.82, 2.24) is 10.1 Å². The smallest absolute Gasteiger partial charge is 0.290 e. The molecule has 0 radical (unpaired) electrons. The Morgan fingerprint density at radius 2 is 2.07 bits per heavy atom. The zero-order valence-corrected chi connectivity index (χ0v) is 8.44. The van der Waals surface area contributed by atoms with E-state index in [1.54, 1.807) is 0 Å². The number of carbonyl (C=O) groups excluding carboxylic acids is 1. The molecule has 1 aromatic rings. The van der Waals surface area contributed by atoms with Crippen molar-refractivity contribution in [2.75, 3.05) is 0 Å². The van der Waals surface area contributed by atoms with E-state index < -0.39 is 11.9 Å². The number of nitrogens with zero attached hydrogens (tertiary/aromatic N) is 2. The first-order chi connectivity index (χ1) is 6.32. The summed E-state index contributed by atoms with van der Waals surface area (Å²) >= 11 is 0. The van der Waals surface area contributed by atoms with Crippen LogP contribution >= 0.6 is 0 Å². The normalized spacial score (nSPS) is 14.0. The molecule has 0 aliphatic carbocycles. The highest BCUT2D eigenvalue weighted by Crippen LogP contribution is 2.28. The van der Waals surface area contributed by atoms with Gasteiger partial charge in [-0.1, -0.05) is 25.9 Å². The molecule has 0 aliphatic rings. The molecule has 0 aromatic carbocycles. The van der Waals surface area contributed by atoms with Crippen LogP contribution in [0.4, 0.5) is 0 Å². The van der Waals surface area contributed by atoms with E-state index in [-0.39, 0.29) is 17.1 Å². The molecule has 14 heavy (non-hydrogen) atoms.